The highest BCUT2D eigenvalue weighted by molar-refractivity contribution is 9.10. The Morgan fingerprint density at radius 1 is 1.40 bits per heavy atom. The number of benzene rings is 1. The number of carbonyl (C=O) groups is 2. The highest BCUT2D eigenvalue weighted by Crippen LogP contribution is 2.04. The molecule has 0 radical (unpaired) electrons. The molecule has 20 heavy (non-hydrogen) atoms. The highest BCUT2D eigenvalue weighted by atomic mass is 79.9. The Labute approximate surface area is 125 Å². The van der Waals surface area contributed by atoms with Crippen molar-refractivity contribution in [2.45, 2.75) is 0 Å². The van der Waals surface area contributed by atoms with Crippen molar-refractivity contribution < 1.29 is 29.5 Å². The third kappa shape index (κ3) is 7.77. The van der Waals surface area contributed by atoms with Crippen LogP contribution in [0.15, 0.2) is 28.7 Å². The Morgan fingerprint density at radius 3 is 2.35 bits per heavy atom. The molecule has 0 saturated heterocycles. The van der Waals surface area contributed by atoms with Gasteiger partial charge in [0, 0.05) is 11.5 Å². The fourth-order valence-electron chi connectivity index (χ4n) is 1.09. The number of carbonyl (C=O) groups excluding carboxylic acids is 1. The van der Waals surface area contributed by atoms with E-state index in [1.54, 1.807) is 18.2 Å². The standard InChI is InChI=1S/C6H6BBrO2.C5H9NO4/c8-6-3-1-2-5(4-6)7(9)10;1-6(3-4(7)8)5(9)10-2/h1-4,9-10H;3H2,1-2H3,(H,7,8). The molecule has 0 aliphatic heterocycles. The zero-order valence-electron chi connectivity index (χ0n) is 11.0. The van der Waals surface area contributed by atoms with Crippen LogP contribution in [0.2, 0.25) is 0 Å². The Bertz CT molecular complexity index is 456. The minimum Gasteiger partial charge on any atom is -0.480 e. The molecule has 110 valence electrons. The summed E-state index contributed by atoms with van der Waals surface area (Å²) in [4.78, 5) is 21.4. The third-order valence-corrected chi connectivity index (χ3v) is 2.50. The number of carboxylic acids is 1. The summed E-state index contributed by atoms with van der Waals surface area (Å²) in [5, 5.41) is 25.5. The van der Waals surface area contributed by atoms with Crippen LogP contribution in [-0.2, 0) is 9.53 Å². The summed E-state index contributed by atoms with van der Waals surface area (Å²) < 4.78 is 5.08. The largest absolute Gasteiger partial charge is 0.488 e. The Morgan fingerprint density at radius 2 is 2.00 bits per heavy atom. The molecule has 0 bridgehead atoms. The van der Waals surface area contributed by atoms with Gasteiger partial charge in [-0.15, -0.1) is 0 Å². The number of hydrogen-bond acceptors (Lipinski definition) is 5. The molecule has 0 atom stereocenters. The van der Waals surface area contributed by atoms with Crippen molar-refractivity contribution in [1.29, 1.82) is 0 Å². The number of ether oxygens (including phenoxy) is 1. The fourth-order valence-corrected chi connectivity index (χ4v) is 1.51. The first-order valence-electron chi connectivity index (χ1n) is 5.40. The lowest BCUT2D eigenvalue weighted by Crippen LogP contribution is -2.31. The van der Waals surface area contributed by atoms with E-state index in [1.165, 1.54) is 14.2 Å². The molecule has 1 rings (SSSR count). The van der Waals surface area contributed by atoms with Crippen molar-refractivity contribution in [3.63, 3.8) is 0 Å². The van der Waals surface area contributed by atoms with Gasteiger partial charge in [-0.05, 0) is 17.6 Å². The van der Waals surface area contributed by atoms with Crippen LogP contribution < -0.4 is 5.46 Å². The molecule has 0 aliphatic carbocycles. The molecular formula is C11H15BBrNO6. The van der Waals surface area contributed by atoms with E-state index in [-0.39, 0.29) is 6.54 Å². The van der Waals surface area contributed by atoms with Gasteiger partial charge in [-0.25, -0.2) is 4.79 Å². The van der Waals surface area contributed by atoms with Crippen molar-refractivity contribution in [2.75, 3.05) is 20.7 Å². The lowest BCUT2D eigenvalue weighted by molar-refractivity contribution is -0.137. The summed E-state index contributed by atoms with van der Waals surface area (Å²) in [5.74, 6) is -1.06. The van der Waals surface area contributed by atoms with Gasteiger partial charge in [0.2, 0.25) is 0 Å². The average Bonchev–Trinajstić information content (AvgIpc) is 2.37. The van der Waals surface area contributed by atoms with Crippen LogP contribution in [0, 0.1) is 0 Å². The number of hydrogen-bond donors (Lipinski definition) is 3. The van der Waals surface area contributed by atoms with Gasteiger partial charge in [0.15, 0.2) is 0 Å². The Kier molecular flexibility index (Phi) is 8.61. The van der Waals surface area contributed by atoms with Crippen LogP contribution in [0.25, 0.3) is 0 Å². The van der Waals surface area contributed by atoms with Gasteiger partial charge in [0.05, 0.1) is 7.11 Å². The van der Waals surface area contributed by atoms with E-state index in [4.69, 9.17) is 15.2 Å². The SMILES string of the molecule is COC(=O)N(C)CC(=O)O.OB(O)c1cccc(Br)c1. The van der Waals surface area contributed by atoms with Crippen molar-refractivity contribution in [3.05, 3.63) is 28.7 Å². The minimum atomic E-state index is -1.38. The summed E-state index contributed by atoms with van der Waals surface area (Å²) in [6.07, 6.45) is -0.651. The maximum atomic E-state index is 10.5. The number of nitrogens with zero attached hydrogens (tertiary/aromatic N) is 1. The Hall–Kier alpha value is -1.58. The van der Waals surface area contributed by atoms with Crippen LogP contribution in [0.1, 0.15) is 0 Å². The van der Waals surface area contributed by atoms with E-state index in [1.807, 2.05) is 6.07 Å². The zero-order chi connectivity index (χ0) is 15.7. The van der Waals surface area contributed by atoms with Crippen molar-refractivity contribution in [2.24, 2.45) is 0 Å². The number of likely N-dealkylation sites (N-methyl/N-ethyl adjacent to an activating group) is 1. The van der Waals surface area contributed by atoms with Crippen molar-refractivity contribution in [3.8, 4) is 0 Å². The van der Waals surface area contributed by atoms with Crippen LogP contribution in [0.3, 0.4) is 0 Å². The molecule has 0 aromatic heterocycles. The first-order chi connectivity index (χ1) is 9.27. The van der Waals surface area contributed by atoms with Gasteiger partial charge >= 0.3 is 19.2 Å². The number of rotatable bonds is 3. The van der Waals surface area contributed by atoms with Gasteiger partial charge in [-0.2, -0.15) is 0 Å². The molecule has 0 heterocycles. The molecule has 1 amide bonds. The number of carboxylic acid groups (broad SMARTS) is 1. The van der Waals surface area contributed by atoms with E-state index in [0.29, 0.717) is 5.46 Å². The second kappa shape index (κ2) is 9.35. The summed E-state index contributed by atoms with van der Waals surface area (Å²) in [5.41, 5.74) is 0.495. The van der Waals surface area contributed by atoms with Gasteiger partial charge in [-0.3, -0.25) is 4.79 Å². The smallest absolute Gasteiger partial charge is 0.480 e. The molecule has 1 aromatic carbocycles. The number of amides is 1. The van der Waals surface area contributed by atoms with Gasteiger partial charge in [0.25, 0.3) is 0 Å². The van der Waals surface area contributed by atoms with Crippen molar-refractivity contribution >= 4 is 40.6 Å². The van der Waals surface area contributed by atoms with E-state index in [9.17, 15) is 9.59 Å². The van der Waals surface area contributed by atoms with Gasteiger partial charge < -0.3 is 24.8 Å². The molecule has 0 saturated carbocycles. The summed E-state index contributed by atoms with van der Waals surface area (Å²) in [7, 11) is 1.16. The topological polar surface area (TPSA) is 107 Å². The van der Waals surface area contributed by atoms with Crippen LogP contribution in [0.5, 0.6) is 0 Å². The molecule has 3 N–H and O–H groups in total. The second-order valence-electron chi connectivity index (χ2n) is 3.65. The normalized spacial score (nSPS) is 9.05. The molecule has 7 nitrogen and oxygen atoms in total. The molecular weight excluding hydrogens is 333 g/mol. The van der Waals surface area contributed by atoms with E-state index in [2.05, 4.69) is 20.7 Å². The predicted octanol–water partition coefficient (Wildman–Crippen LogP) is -0.102. The zero-order valence-corrected chi connectivity index (χ0v) is 12.6. The molecule has 0 aliphatic rings. The highest BCUT2D eigenvalue weighted by Gasteiger charge is 2.10. The lowest BCUT2D eigenvalue weighted by Gasteiger charge is -2.11. The molecule has 0 fully saturated rings. The van der Waals surface area contributed by atoms with Crippen molar-refractivity contribution in [1.82, 2.24) is 4.90 Å². The number of methoxy groups -OCH3 is 1. The maximum absolute atomic E-state index is 10.5. The monoisotopic (exact) mass is 347 g/mol. The van der Waals surface area contributed by atoms with Crippen LogP contribution >= 0.6 is 15.9 Å². The minimum absolute atomic E-state index is 0.341. The predicted molar refractivity (Wildman–Crippen MR) is 76.6 cm³/mol. The average molecular weight is 348 g/mol. The van der Waals surface area contributed by atoms with Crippen LogP contribution in [0.4, 0.5) is 4.79 Å². The quantitative estimate of drug-likeness (QED) is 0.659. The van der Waals surface area contributed by atoms with Gasteiger partial charge in [-0.1, -0.05) is 28.1 Å². The maximum Gasteiger partial charge on any atom is 0.488 e. The first kappa shape index (κ1) is 18.4. The molecule has 0 spiro atoms. The summed E-state index contributed by atoms with van der Waals surface area (Å²) in [6, 6.07) is 6.88. The van der Waals surface area contributed by atoms with Crippen LogP contribution in [-0.4, -0.2) is 59.9 Å². The van der Waals surface area contributed by atoms with E-state index in [0.717, 1.165) is 9.37 Å². The van der Waals surface area contributed by atoms with Gasteiger partial charge in [0.1, 0.15) is 6.54 Å². The van der Waals surface area contributed by atoms with E-state index >= 15 is 0 Å². The van der Waals surface area contributed by atoms with E-state index < -0.39 is 19.2 Å². The molecule has 1 aromatic rings. The lowest BCUT2D eigenvalue weighted by atomic mass is 9.81. The summed E-state index contributed by atoms with van der Waals surface area (Å²) in [6.45, 7) is -0.341. The molecule has 9 heteroatoms. The second-order valence-corrected chi connectivity index (χ2v) is 4.56. The third-order valence-electron chi connectivity index (χ3n) is 2.01. The fraction of sp³-hybridized carbons (Fsp3) is 0.273. The number of halogens is 1. The first-order valence-corrected chi connectivity index (χ1v) is 6.19. The number of aliphatic carboxylic acids is 1. The summed E-state index contributed by atoms with van der Waals surface area (Å²) >= 11 is 3.21. The molecule has 0 unspecified atom stereocenters. The Balaban J connectivity index is 0.000000361.